The van der Waals surface area contributed by atoms with Gasteiger partial charge >= 0.3 is 0 Å². The highest BCUT2D eigenvalue weighted by molar-refractivity contribution is 5.41. The molecule has 0 radical (unpaired) electrons. The maximum absolute atomic E-state index is 9.92. The van der Waals surface area contributed by atoms with Crippen molar-refractivity contribution in [2.75, 3.05) is 0 Å². The van der Waals surface area contributed by atoms with Crippen molar-refractivity contribution in [3.8, 4) is 0 Å². The van der Waals surface area contributed by atoms with Crippen LogP contribution >= 0.6 is 0 Å². The maximum Gasteiger partial charge on any atom is 0.0994 e. The van der Waals surface area contributed by atoms with Crippen LogP contribution in [-0.4, -0.2) is 5.11 Å². The van der Waals surface area contributed by atoms with Gasteiger partial charge in [-0.2, -0.15) is 0 Å². The minimum atomic E-state index is 0.564. The topological polar surface area (TPSA) is 20.2 Å². The summed E-state index contributed by atoms with van der Waals surface area (Å²) in [4.78, 5) is 0. The zero-order chi connectivity index (χ0) is 16.6. The second-order valence-corrected chi connectivity index (χ2v) is 6.97. The number of hydrogen-bond acceptors (Lipinski definition) is 1. The minimum absolute atomic E-state index is 0.564. The van der Waals surface area contributed by atoms with Crippen LogP contribution in [0.5, 0.6) is 0 Å². The van der Waals surface area contributed by atoms with Crippen molar-refractivity contribution in [3.05, 3.63) is 35.6 Å². The average Bonchev–Trinajstić information content (AvgIpc) is 3.09. The summed E-state index contributed by atoms with van der Waals surface area (Å²) in [6.07, 6.45) is 28.1. The molecule has 23 heavy (non-hydrogen) atoms. The molecule has 0 heterocycles. The first-order valence-electron chi connectivity index (χ1n) is 10.1. The summed E-state index contributed by atoms with van der Waals surface area (Å²) in [5, 5.41) is 9.92. The van der Waals surface area contributed by atoms with Crippen LogP contribution in [0.25, 0.3) is 0 Å². The molecular weight excluding hydrogens is 280 g/mol. The SMILES string of the molecule is CCCCCCCCCCCCCCCCC(O)=C1C=CC=C1. The molecule has 0 bridgehead atoms. The van der Waals surface area contributed by atoms with Gasteiger partial charge in [-0.3, -0.25) is 0 Å². The Balaban J connectivity index is 1.77. The van der Waals surface area contributed by atoms with Gasteiger partial charge in [-0.05, 0) is 6.42 Å². The first-order valence-corrected chi connectivity index (χ1v) is 10.1. The fourth-order valence-electron chi connectivity index (χ4n) is 3.20. The third-order valence-electron chi connectivity index (χ3n) is 4.76. The van der Waals surface area contributed by atoms with Gasteiger partial charge in [-0.1, -0.05) is 115 Å². The number of unbranched alkanes of at least 4 members (excludes halogenated alkanes) is 13. The first kappa shape index (κ1) is 20.1. The molecular formula is C22H38O. The van der Waals surface area contributed by atoms with Crippen molar-refractivity contribution in [2.45, 2.75) is 103 Å². The zero-order valence-electron chi connectivity index (χ0n) is 15.4. The van der Waals surface area contributed by atoms with E-state index in [0.717, 1.165) is 18.4 Å². The lowest BCUT2D eigenvalue weighted by Crippen LogP contribution is -1.87. The lowest BCUT2D eigenvalue weighted by Gasteiger charge is -2.04. The number of allylic oxidation sites excluding steroid dienone is 6. The minimum Gasteiger partial charge on any atom is -0.512 e. The summed E-state index contributed by atoms with van der Waals surface area (Å²) < 4.78 is 0. The molecule has 0 aromatic rings. The lowest BCUT2D eigenvalue weighted by atomic mass is 10.0. The second kappa shape index (κ2) is 14.6. The number of aliphatic hydroxyl groups is 1. The summed E-state index contributed by atoms with van der Waals surface area (Å²) >= 11 is 0. The van der Waals surface area contributed by atoms with Gasteiger partial charge in [-0.25, -0.2) is 0 Å². The zero-order valence-corrected chi connectivity index (χ0v) is 15.4. The molecule has 1 rings (SSSR count). The van der Waals surface area contributed by atoms with Gasteiger partial charge in [-0.15, -0.1) is 0 Å². The third kappa shape index (κ3) is 11.2. The molecule has 0 aliphatic heterocycles. The van der Waals surface area contributed by atoms with Gasteiger partial charge in [0.2, 0.25) is 0 Å². The molecule has 1 nitrogen and oxygen atoms in total. The fourth-order valence-corrected chi connectivity index (χ4v) is 3.20. The van der Waals surface area contributed by atoms with Gasteiger partial charge in [0.15, 0.2) is 0 Å². The highest BCUT2D eigenvalue weighted by Gasteiger charge is 2.02. The standard InChI is InChI=1S/C22H38O/c1-2-3-4-5-6-7-8-9-10-11-12-13-14-15-20-22(23)21-18-16-17-19-21/h16-19,23H,2-15,20H2,1H3. The molecule has 0 saturated heterocycles. The molecule has 0 aromatic heterocycles. The molecule has 0 amide bonds. The van der Waals surface area contributed by atoms with Gasteiger partial charge in [0.25, 0.3) is 0 Å². The molecule has 1 N–H and O–H groups in total. The van der Waals surface area contributed by atoms with E-state index in [1.165, 1.54) is 83.5 Å². The summed E-state index contributed by atoms with van der Waals surface area (Å²) in [6.45, 7) is 2.28. The molecule has 132 valence electrons. The number of rotatable bonds is 15. The Morgan fingerprint density at radius 2 is 1.04 bits per heavy atom. The van der Waals surface area contributed by atoms with Crippen molar-refractivity contribution < 1.29 is 5.11 Å². The normalized spacial score (nSPS) is 13.2. The van der Waals surface area contributed by atoms with E-state index in [2.05, 4.69) is 6.92 Å². The number of hydrogen-bond donors (Lipinski definition) is 1. The van der Waals surface area contributed by atoms with E-state index in [9.17, 15) is 5.11 Å². The second-order valence-electron chi connectivity index (χ2n) is 6.97. The molecule has 0 atom stereocenters. The van der Waals surface area contributed by atoms with Crippen molar-refractivity contribution in [1.29, 1.82) is 0 Å². The monoisotopic (exact) mass is 318 g/mol. The van der Waals surface area contributed by atoms with E-state index in [4.69, 9.17) is 0 Å². The highest BCUT2D eigenvalue weighted by Crippen LogP contribution is 2.18. The molecule has 1 aliphatic carbocycles. The molecule has 0 aromatic carbocycles. The van der Waals surface area contributed by atoms with Crippen LogP contribution in [0.3, 0.4) is 0 Å². The van der Waals surface area contributed by atoms with E-state index >= 15 is 0 Å². The van der Waals surface area contributed by atoms with E-state index < -0.39 is 0 Å². The summed E-state index contributed by atoms with van der Waals surface area (Å²) in [6, 6.07) is 0. The van der Waals surface area contributed by atoms with Crippen molar-refractivity contribution in [2.24, 2.45) is 0 Å². The predicted octanol–water partition coefficient (Wildman–Crippen LogP) is 7.80. The molecule has 0 spiro atoms. The Morgan fingerprint density at radius 1 is 0.652 bits per heavy atom. The molecule has 0 saturated carbocycles. The Hall–Kier alpha value is -0.980. The first-order chi connectivity index (χ1) is 11.3. The predicted molar refractivity (Wildman–Crippen MR) is 103 cm³/mol. The molecule has 1 aliphatic rings. The van der Waals surface area contributed by atoms with Crippen LogP contribution in [0.1, 0.15) is 103 Å². The largest absolute Gasteiger partial charge is 0.512 e. The molecule has 0 fully saturated rings. The van der Waals surface area contributed by atoms with Gasteiger partial charge in [0, 0.05) is 12.0 Å². The maximum atomic E-state index is 9.92. The smallest absolute Gasteiger partial charge is 0.0994 e. The summed E-state index contributed by atoms with van der Waals surface area (Å²) in [5.41, 5.74) is 1.000. The summed E-state index contributed by atoms with van der Waals surface area (Å²) in [5.74, 6) is 0.564. The highest BCUT2D eigenvalue weighted by atomic mass is 16.3. The average molecular weight is 319 g/mol. The third-order valence-corrected chi connectivity index (χ3v) is 4.76. The van der Waals surface area contributed by atoms with Crippen LogP contribution < -0.4 is 0 Å². The molecule has 0 unspecified atom stereocenters. The van der Waals surface area contributed by atoms with Gasteiger partial charge < -0.3 is 5.11 Å². The van der Waals surface area contributed by atoms with E-state index in [1.54, 1.807) is 0 Å². The Bertz CT molecular complexity index is 348. The van der Waals surface area contributed by atoms with E-state index in [1.807, 2.05) is 24.3 Å². The van der Waals surface area contributed by atoms with Gasteiger partial charge in [0.05, 0.1) is 5.76 Å². The van der Waals surface area contributed by atoms with Crippen LogP contribution in [0.15, 0.2) is 35.6 Å². The quantitative estimate of drug-likeness (QED) is 0.241. The van der Waals surface area contributed by atoms with Crippen LogP contribution in [0, 0.1) is 0 Å². The van der Waals surface area contributed by atoms with Crippen LogP contribution in [0.4, 0.5) is 0 Å². The van der Waals surface area contributed by atoms with Crippen LogP contribution in [0.2, 0.25) is 0 Å². The fraction of sp³-hybridized carbons (Fsp3) is 0.727. The number of aliphatic hydroxyl groups excluding tert-OH is 1. The van der Waals surface area contributed by atoms with Gasteiger partial charge in [0.1, 0.15) is 0 Å². The van der Waals surface area contributed by atoms with Crippen LogP contribution in [-0.2, 0) is 0 Å². The van der Waals surface area contributed by atoms with Crippen molar-refractivity contribution in [3.63, 3.8) is 0 Å². The van der Waals surface area contributed by atoms with Crippen molar-refractivity contribution >= 4 is 0 Å². The summed E-state index contributed by atoms with van der Waals surface area (Å²) in [7, 11) is 0. The van der Waals surface area contributed by atoms with E-state index in [0.29, 0.717) is 5.76 Å². The Labute approximate surface area is 144 Å². The molecule has 1 heteroatoms. The Kier molecular flexibility index (Phi) is 12.7. The lowest BCUT2D eigenvalue weighted by molar-refractivity contribution is 0.377. The van der Waals surface area contributed by atoms with E-state index in [-0.39, 0.29) is 0 Å². The Morgan fingerprint density at radius 3 is 1.48 bits per heavy atom. The van der Waals surface area contributed by atoms with Crippen molar-refractivity contribution in [1.82, 2.24) is 0 Å².